The van der Waals surface area contributed by atoms with Crippen molar-refractivity contribution in [3.05, 3.63) is 35.9 Å². The molecule has 0 amide bonds. The lowest BCUT2D eigenvalue weighted by Crippen LogP contribution is -2.33. The third kappa shape index (κ3) is 5.61. The molecule has 1 aliphatic rings. The highest BCUT2D eigenvalue weighted by Gasteiger charge is 2.13. The van der Waals surface area contributed by atoms with Crippen molar-refractivity contribution in [2.75, 3.05) is 39.8 Å². The highest BCUT2D eigenvalue weighted by atomic mass is 16.5. The van der Waals surface area contributed by atoms with Crippen molar-refractivity contribution in [3.8, 4) is 0 Å². The second kappa shape index (κ2) is 8.40. The van der Waals surface area contributed by atoms with E-state index in [0.717, 1.165) is 32.8 Å². The Balaban J connectivity index is 1.91. The Morgan fingerprint density at radius 1 is 1.10 bits per heavy atom. The van der Waals surface area contributed by atoms with Crippen LogP contribution in [0.1, 0.15) is 25.3 Å². The summed E-state index contributed by atoms with van der Waals surface area (Å²) in [6, 6.07) is 10.7. The van der Waals surface area contributed by atoms with Gasteiger partial charge >= 0.3 is 0 Å². The minimum absolute atomic E-state index is 0.310. The van der Waals surface area contributed by atoms with Crippen molar-refractivity contribution >= 4 is 0 Å². The molecule has 1 fully saturated rings. The van der Waals surface area contributed by atoms with Gasteiger partial charge in [0.15, 0.2) is 0 Å². The number of hydrogen-bond acceptors (Lipinski definition) is 3. The fraction of sp³-hybridized carbons (Fsp3) is 0.647. The lowest BCUT2D eigenvalue weighted by Gasteiger charge is -2.25. The second-order valence-corrected chi connectivity index (χ2v) is 5.91. The van der Waals surface area contributed by atoms with Crippen LogP contribution in [-0.2, 0) is 11.3 Å². The van der Waals surface area contributed by atoms with E-state index >= 15 is 0 Å². The number of benzene rings is 1. The number of nitrogens with zero attached hydrogens (tertiary/aromatic N) is 2. The largest absolute Gasteiger partial charge is 0.376 e. The lowest BCUT2D eigenvalue weighted by molar-refractivity contribution is 0.0299. The van der Waals surface area contributed by atoms with Gasteiger partial charge in [0.1, 0.15) is 0 Å². The van der Waals surface area contributed by atoms with Gasteiger partial charge in [-0.25, -0.2) is 0 Å². The van der Waals surface area contributed by atoms with Crippen molar-refractivity contribution in [2.24, 2.45) is 0 Å². The van der Waals surface area contributed by atoms with Gasteiger partial charge in [0.25, 0.3) is 0 Å². The molecule has 0 aromatic heterocycles. The van der Waals surface area contributed by atoms with E-state index < -0.39 is 0 Å². The van der Waals surface area contributed by atoms with E-state index in [1.54, 1.807) is 0 Å². The summed E-state index contributed by atoms with van der Waals surface area (Å²) in [5.74, 6) is 0. The predicted molar refractivity (Wildman–Crippen MR) is 83.9 cm³/mol. The Morgan fingerprint density at radius 3 is 2.65 bits per heavy atom. The zero-order chi connectivity index (χ0) is 14.2. The highest BCUT2D eigenvalue weighted by molar-refractivity contribution is 5.14. The minimum atomic E-state index is 0.310. The molecule has 0 aliphatic carbocycles. The average molecular weight is 276 g/mol. The number of hydrogen-bond donors (Lipinski definition) is 0. The van der Waals surface area contributed by atoms with Crippen LogP contribution in [0.2, 0.25) is 0 Å². The lowest BCUT2D eigenvalue weighted by atomic mass is 10.2. The van der Waals surface area contributed by atoms with Crippen LogP contribution >= 0.6 is 0 Å². The van der Waals surface area contributed by atoms with Gasteiger partial charge < -0.3 is 9.64 Å². The first-order valence-electron chi connectivity index (χ1n) is 7.80. The Kier molecular flexibility index (Phi) is 6.51. The first kappa shape index (κ1) is 15.5. The molecule has 0 radical (unpaired) electrons. The smallest absolute Gasteiger partial charge is 0.0674 e. The van der Waals surface area contributed by atoms with Crippen molar-refractivity contribution in [3.63, 3.8) is 0 Å². The second-order valence-electron chi connectivity index (χ2n) is 5.91. The molecule has 1 aromatic carbocycles. The normalized spacial score (nSPS) is 24.2. The molecule has 1 aromatic rings. The average Bonchev–Trinajstić information content (AvgIpc) is 2.47. The molecule has 0 N–H and O–H groups in total. The molecular formula is C17H28N2O. The maximum absolute atomic E-state index is 5.93. The van der Waals surface area contributed by atoms with E-state index in [4.69, 9.17) is 4.74 Å². The van der Waals surface area contributed by atoms with Crippen molar-refractivity contribution in [1.82, 2.24) is 9.80 Å². The Hall–Kier alpha value is -0.900. The van der Waals surface area contributed by atoms with E-state index in [2.05, 4.69) is 54.1 Å². The molecule has 3 nitrogen and oxygen atoms in total. The van der Waals surface area contributed by atoms with Crippen LogP contribution < -0.4 is 0 Å². The summed E-state index contributed by atoms with van der Waals surface area (Å²) < 4.78 is 5.93. The van der Waals surface area contributed by atoms with Crippen LogP contribution in [0.25, 0.3) is 0 Å². The van der Waals surface area contributed by atoms with E-state index in [-0.39, 0.29) is 0 Å². The molecule has 1 atom stereocenters. The third-order valence-electron chi connectivity index (χ3n) is 3.90. The van der Waals surface area contributed by atoms with Gasteiger partial charge in [-0.15, -0.1) is 0 Å². The molecular weight excluding hydrogens is 248 g/mol. The molecule has 1 saturated heterocycles. The van der Waals surface area contributed by atoms with E-state index in [9.17, 15) is 0 Å². The third-order valence-corrected chi connectivity index (χ3v) is 3.90. The molecule has 0 bridgehead atoms. The maximum atomic E-state index is 5.93. The Labute approximate surface area is 123 Å². The van der Waals surface area contributed by atoms with Crippen LogP contribution in [0, 0.1) is 0 Å². The van der Waals surface area contributed by atoms with Gasteiger partial charge in [-0.2, -0.15) is 0 Å². The highest BCUT2D eigenvalue weighted by Crippen LogP contribution is 2.09. The zero-order valence-corrected chi connectivity index (χ0v) is 12.9. The molecule has 3 heteroatoms. The van der Waals surface area contributed by atoms with Gasteiger partial charge in [-0.05, 0) is 45.5 Å². The molecule has 0 saturated carbocycles. The number of ether oxygens (including phenoxy) is 1. The summed E-state index contributed by atoms with van der Waals surface area (Å²) in [6.07, 6.45) is 2.85. The first-order valence-corrected chi connectivity index (χ1v) is 7.80. The summed E-state index contributed by atoms with van der Waals surface area (Å²) in [5.41, 5.74) is 1.40. The van der Waals surface area contributed by atoms with Gasteiger partial charge in [-0.3, -0.25) is 4.90 Å². The summed E-state index contributed by atoms with van der Waals surface area (Å²) in [6.45, 7) is 8.48. The summed E-state index contributed by atoms with van der Waals surface area (Å²) in [5, 5.41) is 0. The van der Waals surface area contributed by atoms with Gasteiger partial charge in [-0.1, -0.05) is 30.3 Å². The molecule has 112 valence electrons. The molecule has 0 spiro atoms. The molecule has 0 unspecified atom stereocenters. The standard InChI is InChI=1S/C17H28N2O/c1-16-14-19(15-17-8-4-3-5-9-17)11-7-6-10-18(2)12-13-20-16/h3-5,8-9,16H,6-7,10-15H2,1-2H3/t16-/m0/s1. The van der Waals surface area contributed by atoms with Gasteiger partial charge in [0.2, 0.25) is 0 Å². The van der Waals surface area contributed by atoms with Gasteiger partial charge in [0.05, 0.1) is 12.7 Å². The summed E-state index contributed by atoms with van der Waals surface area (Å²) >= 11 is 0. The van der Waals surface area contributed by atoms with Crippen LogP contribution in [-0.4, -0.2) is 55.7 Å². The predicted octanol–water partition coefficient (Wildman–Crippen LogP) is 2.62. The van der Waals surface area contributed by atoms with Crippen molar-refractivity contribution < 1.29 is 4.74 Å². The zero-order valence-electron chi connectivity index (χ0n) is 12.9. The molecule has 2 rings (SSSR count). The first-order chi connectivity index (χ1) is 9.74. The van der Waals surface area contributed by atoms with E-state index in [1.807, 2.05) is 0 Å². The number of rotatable bonds is 2. The van der Waals surface area contributed by atoms with E-state index in [1.165, 1.54) is 24.9 Å². The SMILES string of the molecule is C[C@H]1CN(Cc2ccccc2)CCCCN(C)CCO1. The van der Waals surface area contributed by atoms with Crippen LogP contribution in [0.4, 0.5) is 0 Å². The fourth-order valence-corrected chi connectivity index (χ4v) is 2.73. The molecule has 20 heavy (non-hydrogen) atoms. The van der Waals surface area contributed by atoms with Crippen molar-refractivity contribution in [1.29, 1.82) is 0 Å². The van der Waals surface area contributed by atoms with Crippen LogP contribution in [0.5, 0.6) is 0 Å². The fourth-order valence-electron chi connectivity index (χ4n) is 2.73. The molecule has 1 aliphatic heterocycles. The monoisotopic (exact) mass is 276 g/mol. The van der Waals surface area contributed by atoms with E-state index in [0.29, 0.717) is 6.10 Å². The Morgan fingerprint density at radius 2 is 1.85 bits per heavy atom. The topological polar surface area (TPSA) is 15.7 Å². The summed E-state index contributed by atoms with van der Waals surface area (Å²) in [4.78, 5) is 4.91. The van der Waals surface area contributed by atoms with Gasteiger partial charge in [0, 0.05) is 19.6 Å². The molecule has 1 heterocycles. The van der Waals surface area contributed by atoms with Crippen LogP contribution in [0.15, 0.2) is 30.3 Å². The summed E-state index contributed by atoms with van der Waals surface area (Å²) in [7, 11) is 2.19. The maximum Gasteiger partial charge on any atom is 0.0674 e. The minimum Gasteiger partial charge on any atom is -0.376 e. The van der Waals surface area contributed by atoms with Crippen LogP contribution in [0.3, 0.4) is 0 Å². The number of likely N-dealkylation sites (N-methyl/N-ethyl adjacent to an activating group) is 1. The Bertz CT molecular complexity index is 369. The van der Waals surface area contributed by atoms with Crippen molar-refractivity contribution in [2.45, 2.75) is 32.4 Å². The quantitative estimate of drug-likeness (QED) is 0.826.